The number of ether oxygens (including phenoxy) is 1. The van der Waals surface area contributed by atoms with Crippen LogP contribution in [0.1, 0.15) is 42.6 Å². The summed E-state index contributed by atoms with van der Waals surface area (Å²) in [4.78, 5) is 39.1. The Morgan fingerprint density at radius 2 is 1.47 bits per heavy atom. The van der Waals surface area contributed by atoms with Crippen LogP contribution in [-0.4, -0.2) is 71.3 Å². The number of morpholine rings is 1. The molecule has 1 aromatic heterocycles. The van der Waals surface area contributed by atoms with E-state index in [1.807, 2.05) is 47.4 Å². The standard InChI is InChI=1S/C33H36N6O4/c1-33(2,42)24-9-14-27-28(21-24)36-29(37-30(27)38-17-19-43-20-18-38)22-5-10-25(11-6-22)34-32(41)35-26-12-7-23(8-13-26)31(40)39-15-3-4-16-39/h5-14,21,42H,3-4,15-20H2,1-2H3,(H2,34,35,41). The maximum Gasteiger partial charge on any atom is 0.323 e. The lowest BCUT2D eigenvalue weighted by Gasteiger charge is -2.29. The van der Waals surface area contributed by atoms with Crippen LogP contribution in [0.4, 0.5) is 22.0 Å². The van der Waals surface area contributed by atoms with E-state index in [9.17, 15) is 14.7 Å². The van der Waals surface area contributed by atoms with Crippen LogP contribution in [0.25, 0.3) is 22.3 Å². The topological polar surface area (TPSA) is 120 Å². The van der Waals surface area contributed by atoms with E-state index in [2.05, 4.69) is 15.5 Å². The number of hydrogen-bond acceptors (Lipinski definition) is 7. The van der Waals surface area contributed by atoms with Gasteiger partial charge in [0, 0.05) is 54.1 Å². The van der Waals surface area contributed by atoms with Gasteiger partial charge in [-0.2, -0.15) is 0 Å². The van der Waals surface area contributed by atoms with Gasteiger partial charge >= 0.3 is 6.03 Å². The molecule has 0 aliphatic carbocycles. The molecule has 43 heavy (non-hydrogen) atoms. The van der Waals surface area contributed by atoms with Crippen molar-refractivity contribution >= 4 is 40.0 Å². The third-order valence-electron chi connectivity index (χ3n) is 7.88. The second-order valence-electron chi connectivity index (χ2n) is 11.5. The van der Waals surface area contributed by atoms with Gasteiger partial charge in [0.15, 0.2) is 5.82 Å². The summed E-state index contributed by atoms with van der Waals surface area (Å²) in [5, 5.41) is 17.2. The molecular weight excluding hydrogens is 544 g/mol. The Kier molecular flexibility index (Phi) is 7.96. The zero-order valence-electron chi connectivity index (χ0n) is 24.5. The van der Waals surface area contributed by atoms with Crippen LogP contribution in [0.3, 0.4) is 0 Å². The molecule has 0 atom stereocenters. The summed E-state index contributed by atoms with van der Waals surface area (Å²) in [6, 6.07) is 19.7. The second-order valence-corrected chi connectivity index (χ2v) is 11.5. The number of fused-ring (bicyclic) bond motifs is 1. The van der Waals surface area contributed by atoms with Crippen molar-refractivity contribution in [3.05, 3.63) is 77.9 Å². The van der Waals surface area contributed by atoms with E-state index in [0.717, 1.165) is 66.9 Å². The number of benzene rings is 3. The van der Waals surface area contributed by atoms with E-state index in [1.165, 1.54) is 0 Å². The maximum atomic E-state index is 12.7. The molecule has 3 heterocycles. The highest BCUT2D eigenvalue weighted by Gasteiger charge is 2.22. The van der Waals surface area contributed by atoms with E-state index in [1.54, 1.807) is 38.1 Å². The van der Waals surface area contributed by atoms with Gasteiger partial charge in [-0.25, -0.2) is 14.8 Å². The van der Waals surface area contributed by atoms with Crippen molar-refractivity contribution in [3.63, 3.8) is 0 Å². The van der Waals surface area contributed by atoms with Gasteiger partial charge < -0.3 is 30.3 Å². The summed E-state index contributed by atoms with van der Waals surface area (Å²) in [5.41, 5.74) is 3.15. The van der Waals surface area contributed by atoms with E-state index < -0.39 is 5.60 Å². The van der Waals surface area contributed by atoms with Crippen LogP contribution >= 0.6 is 0 Å². The molecule has 0 radical (unpaired) electrons. The minimum absolute atomic E-state index is 0.0266. The molecule has 222 valence electrons. The summed E-state index contributed by atoms with van der Waals surface area (Å²) < 4.78 is 5.55. The van der Waals surface area contributed by atoms with Gasteiger partial charge in [-0.3, -0.25) is 4.79 Å². The van der Waals surface area contributed by atoms with Crippen LogP contribution < -0.4 is 15.5 Å². The summed E-state index contributed by atoms with van der Waals surface area (Å²) >= 11 is 0. The molecular formula is C33H36N6O4. The zero-order chi connectivity index (χ0) is 30.0. The van der Waals surface area contributed by atoms with Gasteiger partial charge in [0.25, 0.3) is 5.91 Å². The molecule has 2 aliphatic rings. The van der Waals surface area contributed by atoms with Crippen molar-refractivity contribution < 1.29 is 19.4 Å². The van der Waals surface area contributed by atoms with Crippen LogP contribution in [-0.2, 0) is 10.3 Å². The van der Waals surface area contributed by atoms with Crippen molar-refractivity contribution in [2.45, 2.75) is 32.3 Å². The van der Waals surface area contributed by atoms with Gasteiger partial charge in [-0.05, 0) is 92.9 Å². The number of amides is 3. The van der Waals surface area contributed by atoms with E-state index in [4.69, 9.17) is 14.7 Å². The number of anilines is 3. The SMILES string of the molecule is CC(C)(O)c1ccc2c(N3CCOCC3)nc(-c3ccc(NC(=O)Nc4ccc(C(=O)N5CCCC5)cc4)cc3)nc2c1. The molecule has 2 aliphatic heterocycles. The van der Waals surface area contributed by atoms with Gasteiger partial charge in [0.2, 0.25) is 0 Å². The Bertz CT molecular complexity index is 1620. The van der Waals surface area contributed by atoms with E-state index >= 15 is 0 Å². The summed E-state index contributed by atoms with van der Waals surface area (Å²) in [6.45, 7) is 7.83. The second kappa shape index (κ2) is 12.0. The lowest BCUT2D eigenvalue weighted by Crippen LogP contribution is -2.37. The lowest BCUT2D eigenvalue weighted by atomic mass is 9.97. The van der Waals surface area contributed by atoms with Crippen molar-refractivity contribution in [1.29, 1.82) is 0 Å². The van der Waals surface area contributed by atoms with Crippen molar-refractivity contribution in [2.75, 3.05) is 54.9 Å². The highest BCUT2D eigenvalue weighted by molar-refractivity contribution is 6.00. The number of hydrogen-bond donors (Lipinski definition) is 3. The third-order valence-corrected chi connectivity index (χ3v) is 7.88. The predicted octanol–water partition coefficient (Wildman–Crippen LogP) is 5.24. The van der Waals surface area contributed by atoms with Crippen LogP contribution in [0.15, 0.2) is 66.7 Å². The quantitative estimate of drug-likeness (QED) is 0.285. The van der Waals surface area contributed by atoms with E-state index in [-0.39, 0.29) is 11.9 Å². The molecule has 0 bridgehead atoms. The average molecular weight is 581 g/mol. The normalized spacial score (nSPS) is 15.5. The average Bonchev–Trinajstić information content (AvgIpc) is 3.56. The Hall–Kier alpha value is -4.54. The Morgan fingerprint density at radius 1 is 0.837 bits per heavy atom. The molecule has 0 unspecified atom stereocenters. The fourth-order valence-electron chi connectivity index (χ4n) is 5.43. The first-order valence-corrected chi connectivity index (χ1v) is 14.7. The molecule has 0 saturated carbocycles. The largest absolute Gasteiger partial charge is 0.386 e. The van der Waals surface area contributed by atoms with Gasteiger partial charge in [-0.1, -0.05) is 6.07 Å². The molecule has 0 spiro atoms. The van der Waals surface area contributed by atoms with Gasteiger partial charge in [0.1, 0.15) is 5.82 Å². The summed E-state index contributed by atoms with van der Waals surface area (Å²) in [6.07, 6.45) is 2.09. The predicted molar refractivity (Wildman–Crippen MR) is 167 cm³/mol. The number of nitrogens with one attached hydrogen (secondary N) is 2. The van der Waals surface area contributed by atoms with Gasteiger partial charge in [-0.15, -0.1) is 0 Å². The van der Waals surface area contributed by atoms with E-state index in [0.29, 0.717) is 36.0 Å². The minimum atomic E-state index is -1.00. The minimum Gasteiger partial charge on any atom is -0.386 e. The Labute approximate surface area is 250 Å². The molecule has 3 aromatic carbocycles. The number of aliphatic hydroxyl groups is 1. The number of aromatic nitrogens is 2. The molecule has 10 nitrogen and oxygen atoms in total. The summed E-state index contributed by atoms with van der Waals surface area (Å²) in [7, 11) is 0. The fourth-order valence-corrected chi connectivity index (χ4v) is 5.43. The van der Waals surface area contributed by atoms with Crippen molar-refractivity contribution in [3.8, 4) is 11.4 Å². The number of rotatable bonds is 6. The highest BCUT2D eigenvalue weighted by Crippen LogP contribution is 2.32. The maximum absolute atomic E-state index is 12.7. The molecule has 10 heteroatoms. The van der Waals surface area contributed by atoms with Crippen molar-refractivity contribution in [2.24, 2.45) is 0 Å². The van der Waals surface area contributed by atoms with Crippen LogP contribution in [0.5, 0.6) is 0 Å². The molecule has 2 saturated heterocycles. The van der Waals surface area contributed by atoms with Crippen LogP contribution in [0, 0.1) is 0 Å². The number of nitrogens with zero attached hydrogens (tertiary/aromatic N) is 4. The van der Waals surface area contributed by atoms with Gasteiger partial charge in [0.05, 0.1) is 24.3 Å². The summed E-state index contributed by atoms with van der Waals surface area (Å²) in [5.74, 6) is 1.42. The highest BCUT2D eigenvalue weighted by atomic mass is 16.5. The molecule has 4 aromatic rings. The monoisotopic (exact) mass is 580 g/mol. The lowest BCUT2D eigenvalue weighted by molar-refractivity contribution is 0.0783. The smallest absolute Gasteiger partial charge is 0.323 e. The molecule has 6 rings (SSSR count). The molecule has 3 amide bonds. The fraction of sp³-hybridized carbons (Fsp3) is 0.333. The first kappa shape index (κ1) is 28.6. The van der Waals surface area contributed by atoms with Crippen LogP contribution in [0.2, 0.25) is 0 Å². The third kappa shape index (κ3) is 6.45. The number of carbonyl (C=O) groups excluding carboxylic acids is 2. The number of carbonyl (C=O) groups is 2. The first-order chi connectivity index (χ1) is 20.7. The Morgan fingerprint density at radius 3 is 2.09 bits per heavy atom. The van der Waals surface area contributed by atoms with Crippen molar-refractivity contribution in [1.82, 2.24) is 14.9 Å². The number of urea groups is 1. The number of likely N-dealkylation sites (tertiary alicyclic amines) is 1. The molecule has 2 fully saturated rings. The Balaban J connectivity index is 1.18. The zero-order valence-corrected chi connectivity index (χ0v) is 24.5. The molecule has 3 N–H and O–H groups in total. The first-order valence-electron chi connectivity index (χ1n) is 14.7.